The summed E-state index contributed by atoms with van der Waals surface area (Å²) < 4.78 is 0. The van der Waals surface area contributed by atoms with Gasteiger partial charge in [0.05, 0.1) is 5.75 Å². The van der Waals surface area contributed by atoms with E-state index in [4.69, 9.17) is 11.6 Å². The molecule has 1 aliphatic rings. The highest BCUT2D eigenvalue weighted by Crippen LogP contribution is 2.36. The van der Waals surface area contributed by atoms with Crippen LogP contribution in [0.2, 0.25) is 5.02 Å². The van der Waals surface area contributed by atoms with E-state index < -0.39 is 0 Å². The Morgan fingerprint density at radius 3 is 2.68 bits per heavy atom. The Balaban J connectivity index is 1.74. The van der Waals surface area contributed by atoms with Gasteiger partial charge in [-0.25, -0.2) is 0 Å². The van der Waals surface area contributed by atoms with E-state index in [0.717, 1.165) is 22.8 Å². The minimum absolute atomic E-state index is 0.127. The summed E-state index contributed by atoms with van der Waals surface area (Å²) in [6, 6.07) is 7.94. The highest BCUT2D eigenvalue weighted by atomic mass is 35.5. The molecule has 4 heteroatoms. The van der Waals surface area contributed by atoms with Crippen LogP contribution in [0.1, 0.15) is 33.1 Å². The molecule has 1 unspecified atom stereocenters. The van der Waals surface area contributed by atoms with Gasteiger partial charge in [0, 0.05) is 16.0 Å². The molecule has 0 heterocycles. The van der Waals surface area contributed by atoms with Crippen molar-refractivity contribution in [2.75, 3.05) is 5.75 Å². The first-order chi connectivity index (χ1) is 8.94. The first-order valence-corrected chi connectivity index (χ1v) is 7.99. The molecule has 0 bridgehead atoms. The van der Waals surface area contributed by atoms with Crippen LogP contribution in [0.3, 0.4) is 0 Å². The van der Waals surface area contributed by atoms with Crippen molar-refractivity contribution in [3.05, 3.63) is 29.3 Å². The van der Waals surface area contributed by atoms with Gasteiger partial charge in [0.25, 0.3) is 0 Å². The van der Waals surface area contributed by atoms with Crippen LogP contribution in [0, 0.1) is 5.41 Å². The van der Waals surface area contributed by atoms with Gasteiger partial charge < -0.3 is 5.32 Å². The molecule has 19 heavy (non-hydrogen) atoms. The van der Waals surface area contributed by atoms with Crippen molar-refractivity contribution in [2.24, 2.45) is 5.41 Å². The normalized spacial score (nSPS) is 21.3. The van der Waals surface area contributed by atoms with Crippen LogP contribution >= 0.6 is 23.4 Å². The summed E-state index contributed by atoms with van der Waals surface area (Å²) >= 11 is 7.38. The lowest BCUT2D eigenvalue weighted by Gasteiger charge is -2.17. The van der Waals surface area contributed by atoms with E-state index in [1.54, 1.807) is 11.8 Å². The maximum atomic E-state index is 11.9. The fourth-order valence-corrected chi connectivity index (χ4v) is 3.34. The Morgan fingerprint density at radius 1 is 1.42 bits per heavy atom. The molecule has 0 aliphatic heterocycles. The van der Waals surface area contributed by atoms with Crippen LogP contribution in [0.4, 0.5) is 0 Å². The van der Waals surface area contributed by atoms with Crippen molar-refractivity contribution in [3.8, 4) is 0 Å². The van der Waals surface area contributed by atoms with Gasteiger partial charge in [0.1, 0.15) is 0 Å². The molecule has 1 saturated carbocycles. The van der Waals surface area contributed by atoms with Crippen molar-refractivity contribution < 1.29 is 4.79 Å². The van der Waals surface area contributed by atoms with Gasteiger partial charge in [-0.2, -0.15) is 0 Å². The Morgan fingerprint density at radius 2 is 2.11 bits per heavy atom. The molecule has 1 amide bonds. The molecule has 1 aromatic rings. The molecule has 0 aromatic heterocycles. The van der Waals surface area contributed by atoms with Gasteiger partial charge in [-0.05, 0) is 48.9 Å². The molecule has 0 spiro atoms. The Labute approximate surface area is 124 Å². The molecular weight excluding hydrogens is 278 g/mol. The standard InChI is InChI=1S/C15H20ClNOS/c1-15(2)8-7-12(9-15)17-14(18)10-19-13-5-3-11(16)4-6-13/h3-6,12H,7-10H2,1-2H3,(H,17,18). The topological polar surface area (TPSA) is 29.1 Å². The number of carbonyl (C=O) groups excluding carboxylic acids is 1. The third-order valence-corrected chi connectivity index (χ3v) is 4.78. The predicted molar refractivity (Wildman–Crippen MR) is 81.7 cm³/mol. The number of hydrogen-bond acceptors (Lipinski definition) is 2. The summed E-state index contributed by atoms with van der Waals surface area (Å²) in [4.78, 5) is 13.0. The Kier molecular flexibility index (Phi) is 4.80. The molecule has 1 fully saturated rings. The van der Waals surface area contributed by atoms with Crippen LogP contribution < -0.4 is 5.32 Å². The van der Waals surface area contributed by atoms with E-state index in [2.05, 4.69) is 19.2 Å². The number of benzene rings is 1. The van der Waals surface area contributed by atoms with E-state index in [0.29, 0.717) is 17.2 Å². The van der Waals surface area contributed by atoms with Crippen LogP contribution in [0.25, 0.3) is 0 Å². The highest BCUT2D eigenvalue weighted by molar-refractivity contribution is 8.00. The first kappa shape index (κ1) is 14.7. The highest BCUT2D eigenvalue weighted by Gasteiger charge is 2.31. The predicted octanol–water partition coefficient (Wildman–Crippen LogP) is 4.13. The fraction of sp³-hybridized carbons (Fsp3) is 0.533. The minimum Gasteiger partial charge on any atom is -0.353 e. The molecule has 1 aromatic carbocycles. The lowest BCUT2D eigenvalue weighted by molar-refractivity contribution is -0.119. The monoisotopic (exact) mass is 297 g/mol. The van der Waals surface area contributed by atoms with Crippen molar-refractivity contribution in [2.45, 2.75) is 44.0 Å². The summed E-state index contributed by atoms with van der Waals surface area (Å²) in [7, 11) is 0. The smallest absolute Gasteiger partial charge is 0.230 e. The molecule has 2 nitrogen and oxygen atoms in total. The van der Waals surface area contributed by atoms with Crippen molar-refractivity contribution in [1.29, 1.82) is 0 Å². The van der Waals surface area contributed by atoms with Crippen molar-refractivity contribution in [1.82, 2.24) is 5.32 Å². The number of carbonyl (C=O) groups is 1. The second-order valence-corrected chi connectivity index (χ2v) is 7.40. The van der Waals surface area contributed by atoms with E-state index in [1.165, 1.54) is 6.42 Å². The van der Waals surface area contributed by atoms with Crippen LogP contribution in [-0.2, 0) is 4.79 Å². The molecule has 0 saturated heterocycles. The molecule has 1 aliphatic carbocycles. The summed E-state index contributed by atoms with van der Waals surface area (Å²) in [5.41, 5.74) is 0.376. The van der Waals surface area contributed by atoms with Crippen molar-refractivity contribution >= 4 is 29.3 Å². The van der Waals surface area contributed by atoms with Gasteiger partial charge in [-0.15, -0.1) is 11.8 Å². The molecule has 1 N–H and O–H groups in total. The quantitative estimate of drug-likeness (QED) is 0.847. The van der Waals surface area contributed by atoms with Gasteiger partial charge in [-0.1, -0.05) is 25.4 Å². The summed E-state index contributed by atoms with van der Waals surface area (Å²) in [6.07, 6.45) is 3.39. The SMILES string of the molecule is CC1(C)CCC(NC(=O)CSc2ccc(Cl)cc2)C1. The third kappa shape index (κ3) is 4.73. The summed E-state index contributed by atoms with van der Waals surface area (Å²) in [5, 5.41) is 3.85. The second-order valence-electron chi connectivity index (χ2n) is 5.91. The van der Waals surface area contributed by atoms with E-state index in [1.807, 2.05) is 24.3 Å². The Hall–Kier alpha value is -0.670. The number of nitrogens with one attached hydrogen (secondary N) is 1. The van der Waals surface area contributed by atoms with Gasteiger partial charge in [-0.3, -0.25) is 4.79 Å². The first-order valence-electron chi connectivity index (χ1n) is 6.62. The number of amides is 1. The van der Waals surface area contributed by atoms with Crippen molar-refractivity contribution in [3.63, 3.8) is 0 Å². The van der Waals surface area contributed by atoms with Gasteiger partial charge in [0.15, 0.2) is 0 Å². The molecule has 104 valence electrons. The maximum Gasteiger partial charge on any atom is 0.230 e. The maximum absolute atomic E-state index is 11.9. The van der Waals surface area contributed by atoms with Gasteiger partial charge >= 0.3 is 0 Å². The number of rotatable bonds is 4. The largest absolute Gasteiger partial charge is 0.353 e. The molecule has 1 atom stereocenters. The summed E-state index contributed by atoms with van der Waals surface area (Å²) in [5.74, 6) is 0.598. The number of halogens is 1. The minimum atomic E-state index is 0.127. The average molecular weight is 298 g/mol. The molecule has 0 radical (unpaired) electrons. The zero-order valence-electron chi connectivity index (χ0n) is 11.4. The zero-order chi connectivity index (χ0) is 13.9. The summed E-state index contributed by atoms with van der Waals surface area (Å²) in [6.45, 7) is 4.53. The van der Waals surface area contributed by atoms with E-state index in [9.17, 15) is 4.79 Å². The number of hydrogen-bond donors (Lipinski definition) is 1. The fourth-order valence-electron chi connectivity index (χ4n) is 2.51. The average Bonchev–Trinajstić information content (AvgIpc) is 2.68. The number of thioether (sulfide) groups is 1. The lowest BCUT2D eigenvalue weighted by Crippen LogP contribution is -2.34. The van der Waals surface area contributed by atoms with Crippen LogP contribution in [0.15, 0.2) is 29.2 Å². The van der Waals surface area contributed by atoms with Gasteiger partial charge in [0.2, 0.25) is 5.91 Å². The molecule has 2 rings (SSSR count). The van der Waals surface area contributed by atoms with E-state index >= 15 is 0 Å². The third-order valence-electron chi connectivity index (χ3n) is 3.52. The lowest BCUT2D eigenvalue weighted by atomic mass is 9.92. The molecular formula is C15H20ClNOS. The van der Waals surface area contributed by atoms with E-state index in [-0.39, 0.29) is 5.91 Å². The second kappa shape index (κ2) is 6.19. The Bertz CT molecular complexity index is 444. The zero-order valence-corrected chi connectivity index (χ0v) is 13.0. The van der Waals surface area contributed by atoms with Crippen LogP contribution in [0.5, 0.6) is 0 Å². The van der Waals surface area contributed by atoms with Crippen LogP contribution in [-0.4, -0.2) is 17.7 Å².